The molecule has 4 nitrogen and oxygen atoms in total. The van der Waals surface area contributed by atoms with E-state index in [0.717, 1.165) is 0 Å². The van der Waals surface area contributed by atoms with Gasteiger partial charge in [0, 0.05) is 5.92 Å². The molecule has 1 saturated carbocycles. The molecule has 0 bridgehead atoms. The second-order valence-corrected chi connectivity index (χ2v) is 5.72. The number of primary amides is 1. The van der Waals surface area contributed by atoms with Gasteiger partial charge in [0.1, 0.15) is 11.9 Å². The topological polar surface area (TPSA) is 72.2 Å². The van der Waals surface area contributed by atoms with E-state index >= 15 is 0 Å². The second kappa shape index (κ2) is 6.20. The quantitative estimate of drug-likeness (QED) is 0.889. The van der Waals surface area contributed by atoms with Gasteiger partial charge in [-0.3, -0.25) is 9.59 Å². The summed E-state index contributed by atoms with van der Waals surface area (Å²) < 4.78 is 13.8. The summed E-state index contributed by atoms with van der Waals surface area (Å²) in [6, 6.07) is 14.4. The summed E-state index contributed by atoms with van der Waals surface area (Å²) in [5.74, 6) is -1.65. The molecule has 0 saturated heterocycles. The lowest BCUT2D eigenvalue weighted by Crippen LogP contribution is -2.38. The molecule has 0 aliphatic heterocycles. The summed E-state index contributed by atoms with van der Waals surface area (Å²) in [4.78, 5) is 24.0. The van der Waals surface area contributed by atoms with Crippen molar-refractivity contribution in [3.8, 4) is 0 Å². The third-order valence-electron chi connectivity index (χ3n) is 4.14. The zero-order valence-corrected chi connectivity index (χ0v) is 12.4. The number of nitrogens with two attached hydrogens (primary N) is 1. The first-order valence-corrected chi connectivity index (χ1v) is 7.47. The lowest BCUT2D eigenvalue weighted by atomic mass is 10.1. The molecule has 0 radical (unpaired) electrons. The normalized spacial score (nSPS) is 20.6. The van der Waals surface area contributed by atoms with Crippen LogP contribution in [0.4, 0.5) is 4.39 Å². The first kappa shape index (κ1) is 15.2. The van der Waals surface area contributed by atoms with E-state index in [1.807, 2.05) is 6.07 Å². The molecular formula is C18H17FN2O2. The van der Waals surface area contributed by atoms with Crippen LogP contribution in [0, 0.1) is 11.7 Å². The van der Waals surface area contributed by atoms with Crippen molar-refractivity contribution in [2.24, 2.45) is 11.7 Å². The van der Waals surface area contributed by atoms with Crippen molar-refractivity contribution in [2.75, 3.05) is 0 Å². The molecule has 2 aromatic carbocycles. The van der Waals surface area contributed by atoms with Gasteiger partial charge in [-0.1, -0.05) is 48.5 Å². The molecule has 3 rings (SSSR count). The van der Waals surface area contributed by atoms with Crippen LogP contribution in [-0.4, -0.2) is 11.8 Å². The maximum absolute atomic E-state index is 13.8. The highest BCUT2D eigenvalue weighted by Crippen LogP contribution is 2.48. The van der Waals surface area contributed by atoms with Crippen LogP contribution < -0.4 is 11.1 Å². The third kappa shape index (κ3) is 3.23. The fraction of sp³-hybridized carbons (Fsp3) is 0.222. The Bertz CT molecular complexity index is 733. The van der Waals surface area contributed by atoms with E-state index in [0.29, 0.717) is 17.5 Å². The van der Waals surface area contributed by atoms with Crippen LogP contribution >= 0.6 is 0 Å². The molecule has 1 fully saturated rings. The van der Waals surface area contributed by atoms with Gasteiger partial charge in [-0.05, 0) is 29.5 Å². The van der Waals surface area contributed by atoms with Gasteiger partial charge in [-0.25, -0.2) is 4.39 Å². The Kier molecular flexibility index (Phi) is 4.10. The smallest absolute Gasteiger partial charge is 0.244 e. The molecule has 0 aromatic heterocycles. The minimum atomic E-state index is -0.870. The summed E-state index contributed by atoms with van der Waals surface area (Å²) >= 11 is 0. The van der Waals surface area contributed by atoms with Gasteiger partial charge >= 0.3 is 0 Å². The predicted octanol–water partition coefficient (Wildman–Crippen LogP) is 2.27. The highest BCUT2D eigenvalue weighted by Gasteiger charge is 2.45. The predicted molar refractivity (Wildman–Crippen MR) is 83.8 cm³/mol. The van der Waals surface area contributed by atoms with Gasteiger partial charge < -0.3 is 11.1 Å². The Morgan fingerprint density at radius 3 is 2.39 bits per heavy atom. The van der Waals surface area contributed by atoms with Crippen LogP contribution in [-0.2, 0) is 9.59 Å². The van der Waals surface area contributed by atoms with Crippen LogP contribution in [0.15, 0.2) is 54.6 Å². The molecule has 118 valence electrons. The van der Waals surface area contributed by atoms with Crippen molar-refractivity contribution in [3.63, 3.8) is 0 Å². The van der Waals surface area contributed by atoms with Gasteiger partial charge in [-0.15, -0.1) is 0 Å². The molecule has 3 N–H and O–H groups in total. The number of carbonyl (C=O) groups is 2. The minimum Gasteiger partial charge on any atom is -0.368 e. The van der Waals surface area contributed by atoms with Crippen molar-refractivity contribution < 1.29 is 14.0 Å². The van der Waals surface area contributed by atoms with Crippen molar-refractivity contribution in [1.82, 2.24) is 5.32 Å². The molecule has 5 heteroatoms. The number of carbonyl (C=O) groups excluding carboxylic acids is 2. The van der Waals surface area contributed by atoms with E-state index in [9.17, 15) is 14.0 Å². The summed E-state index contributed by atoms with van der Waals surface area (Å²) in [6.07, 6.45) is 0.576. The van der Waals surface area contributed by atoms with Crippen molar-refractivity contribution in [2.45, 2.75) is 18.4 Å². The lowest BCUT2D eigenvalue weighted by molar-refractivity contribution is -0.128. The molecule has 2 amide bonds. The highest BCUT2D eigenvalue weighted by atomic mass is 19.1. The van der Waals surface area contributed by atoms with Gasteiger partial charge in [-0.2, -0.15) is 0 Å². The Hall–Kier alpha value is -2.69. The molecule has 1 aliphatic carbocycles. The monoisotopic (exact) mass is 312 g/mol. The zero-order chi connectivity index (χ0) is 16.4. The maximum atomic E-state index is 13.8. The van der Waals surface area contributed by atoms with E-state index in [2.05, 4.69) is 5.32 Å². The van der Waals surface area contributed by atoms with E-state index in [1.165, 1.54) is 6.07 Å². The summed E-state index contributed by atoms with van der Waals surface area (Å²) in [7, 11) is 0. The van der Waals surface area contributed by atoms with Gasteiger partial charge in [0.25, 0.3) is 0 Å². The summed E-state index contributed by atoms with van der Waals surface area (Å²) in [5, 5.41) is 2.68. The number of benzene rings is 2. The zero-order valence-electron chi connectivity index (χ0n) is 12.4. The average molecular weight is 312 g/mol. The van der Waals surface area contributed by atoms with Crippen molar-refractivity contribution in [1.29, 1.82) is 0 Å². The maximum Gasteiger partial charge on any atom is 0.244 e. The minimum absolute atomic E-state index is 0.138. The number of amides is 2. The fourth-order valence-electron chi connectivity index (χ4n) is 2.82. The number of halogens is 1. The van der Waals surface area contributed by atoms with E-state index in [4.69, 9.17) is 5.73 Å². The molecule has 3 unspecified atom stereocenters. The van der Waals surface area contributed by atoms with Crippen LogP contribution in [0.25, 0.3) is 0 Å². The highest BCUT2D eigenvalue weighted by molar-refractivity contribution is 5.90. The molecular weight excluding hydrogens is 295 g/mol. The Balaban J connectivity index is 1.70. The molecule has 0 spiro atoms. The third-order valence-corrected chi connectivity index (χ3v) is 4.14. The van der Waals surface area contributed by atoms with E-state index < -0.39 is 11.9 Å². The number of nitrogens with one attached hydrogen (secondary N) is 1. The molecule has 3 atom stereocenters. The van der Waals surface area contributed by atoms with Crippen molar-refractivity contribution in [3.05, 3.63) is 71.5 Å². The number of hydrogen-bond acceptors (Lipinski definition) is 2. The van der Waals surface area contributed by atoms with E-state index in [1.54, 1.807) is 42.5 Å². The molecule has 0 heterocycles. The average Bonchev–Trinajstić information content (AvgIpc) is 3.34. The Morgan fingerprint density at radius 2 is 1.74 bits per heavy atom. The summed E-state index contributed by atoms with van der Waals surface area (Å²) in [5.41, 5.74) is 6.57. The Labute approximate surface area is 133 Å². The number of rotatable bonds is 5. The lowest BCUT2D eigenvalue weighted by Gasteiger charge is -2.16. The molecule has 2 aromatic rings. The first-order valence-electron chi connectivity index (χ1n) is 7.47. The van der Waals surface area contributed by atoms with Gasteiger partial charge in [0.2, 0.25) is 11.8 Å². The van der Waals surface area contributed by atoms with Crippen LogP contribution in [0.5, 0.6) is 0 Å². The summed E-state index contributed by atoms with van der Waals surface area (Å²) in [6.45, 7) is 0. The molecule has 23 heavy (non-hydrogen) atoms. The second-order valence-electron chi connectivity index (χ2n) is 5.72. The van der Waals surface area contributed by atoms with Gasteiger partial charge in [0.05, 0.1) is 0 Å². The van der Waals surface area contributed by atoms with Gasteiger partial charge in [0.15, 0.2) is 0 Å². The SMILES string of the molecule is NC(=O)C(NC(=O)C1CC1c1ccccc1F)c1ccccc1. The standard InChI is InChI=1S/C18H17FN2O2/c19-15-9-5-4-8-12(15)13-10-14(13)18(23)21-16(17(20)22)11-6-2-1-3-7-11/h1-9,13-14,16H,10H2,(H2,20,22)(H,21,23). The Morgan fingerprint density at radius 1 is 1.09 bits per heavy atom. The molecule has 1 aliphatic rings. The fourth-order valence-corrected chi connectivity index (χ4v) is 2.82. The largest absolute Gasteiger partial charge is 0.368 e. The number of hydrogen-bond donors (Lipinski definition) is 2. The van der Waals surface area contributed by atoms with Crippen LogP contribution in [0.1, 0.15) is 29.5 Å². The van der Waals surface area contributed by atoms with Crippen LogP contribution in [0.3, 0.4) is 0 Å². The van der Waals surface area contributed by atoms with Crippen molar-refractivity contribution >= 4 is 11.8 Å². The first-order chi connectivity index (χ1) is 11.1. The van der Waals surface area contributed by atoms with Crippen LogP contribution in [0.2, 0.25) is 0 Å². The van der Waals surface area contributed by atoms with E-state index in [-0.39, 0.29) is 23.6 Å².